The van der Waals surface area contributed by atoms with Crippen molar-refractivity contribution in [1.82, 2.24) is 18.6 Å². The number of hydrogen-bond donors (Lipinski definition) is 0. The first-order valence-electron chi connectivity index (χ1n) is 20.7. The second kappa shape index (κ2) is 19.8. The largest absolute Gasteiger partial charge is 0.345 e. The van der Waals surface area contributed by atoms with Gasteiger partial charge in [-0.05, 0) is 105 Å². The highest BCUT2D eigenvalue weighted by Gasteiger charge is 2.33. The maximum atomic E-state index is 13.7. The molecule has 0 spiro atoms. The fourth-order valence-corrected chi connectivity index (χ4v) is 14.3. The minimum atomic E-state index is -3.55. The van der Waals surface area contributed by atoms with Gasteiger partial charge in [-0.1, -0.05) is 64.7 Å². The Bertz CT molecular complexity index is 2830. The molecule has 10 nitrogen and oxygen atoms in total. The van der Waals surface area contributed by atoms with E-state index in [2.05, 4.69) is 19.8 Å². The summed E-state index contributed by atoms with van der Waals surface area (Å²) in [5.74, 6) is -0.796. The minimum absolute atomic E-state index is 0.108. The molecule has 0 atom stereocenters. The van der Waals surface area contributed by atoms with E-state index in [1.54, 1.807) is 26.8 Å². The van der Waals surface area contributed by atoms with Crippen molar-refractivity contribution in [2.45, 2.75) is 64.2 Å². The zero-order chi connectivity index (χ0) is 46.1. The monoisotopic (exact) mass is 986 g/mol. The summed E-state index contributed by atoms with van der Waals surface area (Å²) < 4.78 is 83.6. The van der Waals surface area contributed by atoms with Crippen LogP contribution in [-0.2, 0) is 32.9 Å². The van der Waals surface area contributed by atoms with Crippen LogP contribution in [0.3, 0.4) is 0 Å². The Balaban J connectivity index is 0.000000191. The Morgan fingerprint density at radius 1 is 0.562 bits per heavy atom. The topological polar surface area (TPSA) is 107 Å². The highest BCUT2D eigenvalue weighted by atomic mass is 35.5. The highest BCUT2D eigenvalue weighted by Crippen LogP contribution is 2.31. The number of rotatable bonds is 10. The lowest BCUT2D eigenvalue weighted by Gasteiger charge is -2.34. The average Bonchev–Trinajstić information content (AvgIpc) is 3.88. The molecular weight excluding hydrogens is 938 g/mol. The molecule has 2 fully saturated rings. The summed E-state index contributed by atoms with van der Waals surface area (Å²) >= 11 is 14.7. The SMILES string of the molecule is Cc1cc(C)c(S(=O)(=O)N2CCN(c3nc(Cc4cc(F)cc(Cl)c4)cs3)CC2)c(C)c1.Cc1cc(C)c(S(=O)(=O)N2CCN(c3nc(Cc4ccc(Cl)c(F)c4)cs3)CC2)c(C)c1. The maximum Gasteiger partial charge on any atom is 0.243 e. The van der Waals surface area contributed by atoms with Crippen molar-refractivity contribution in [1.29, 1.82) is 0 Å². The molecule has 4 heterocycles. The van der Waals surface area contributed by atoms with Crippen LogP contribution in [0.1, 0.15) is 55.9 Å². The Hall–Kier alpha value is -4.00. The number of aromatic nitrogens is 2. The van der Waals surface area contributed by atoms with Crippen LogP contribution < -0.4 is 9.80 Å². The minimum Gasteiger partial charge on any atom is -0.345 e. The van der Waals surface area contributed by atoms with Crippen molar-refractivity contribution in [2.75, 3.05) is 62.2 Å². The zero-order valence-corrected chi connectivity index (χ0v) is 41.2. The number of thiazole rings is 2. The number of nitrogens with zero attached hydrogens (tertiary/aromatic N) is 6. The molecule has 0 unspecified atom stereocenters. The van der Waals surface area contributed by atoms with E-state index < -0.39 is 25.9 Å². The summed E-state index contributed by atoms with van der Waals surface area (Å²) in [6.07, 6.45) is 1.01. The van der Waals surface area contributed by atoms with Crippen molar-refractivity contribution >= 4 is 76.2 Å². The summed E-state index contributed by atoms with van der Waals surface area (Å²) in [6, 6.07) is 16.9. The van der Waals surface area contributed by atoms with Crippen molar-refractivity contribution in [3.8, 4) is 0 Å². The summed E-state index contributed by atoms with van der Waals surface area (Å²) in [5.41, 5.74) is 8.53. The van der Waals surface area contributed by atoms with Crippen LogP contribution in [0.4, 0.5) is 19.0 Å². The standard InChI is InChI=1S/2C23H25ClFN3O2S2/c1-15-8-16(2)22(17(3)9-15)32(29,30)28-6-4-27(5-7-28)23-26-21(14-31-23)12-18-10-19(24)13-20(25)11-18;1-15-10-16(2)22(17(3)11-15)32(29,30)28-8-6-27(7-9-28)23-26-19(14-31-23)12-18-4-5-20(24)21(25)13-18/h8-11,13-14H,4-7,12H2,1-3H3;4-5,10-11,13-14H,6-9,12H2,1-3H3. The van der Waals surface area contributed by atoms with E-state index in [-0.39, 0.29) is 10.8 Å². The maximum absolute atomic E-state index is 13.7. The van der Waals surface area contributed by atoms with E-state index in [9.17, 15) is 25.6 Å². The van der Waals surface area contributed by atoms with E-state index in [0.717, 1.165) is 66.2 Å². The summed E-state index contributed by atoms with van der Waals surface area (Å²) in [4.78, 5) is 14.4. The van der Waals surface area contributed by atoms with Gasteiger partial charge in [0.05, 0.1) is 26.2 Å². The molecule has 0 radical (unpaired) electrons. The van der Waals surface area contributed by atoms with Crippen LogP contribution in [0.15, 0.2) is 81.2 Å². The number of aryl methyl sites for hydroxylation is 6. The van der Waals surface area contributed by atoms with Gasteiger partial charge in [0.1, 0.15) is 11.6 Å². The van der Waals surface area contributed by atoms with Crippen molar-refractivity contribution in [3.05, 3.63) is 149 Å². The summed E-state index contributed by atoms with van der Waals surface area (Å²) in [7, 11) is -7.09. The van der Waals surface area contributed by atoms with Gasteiger partial charge in [-0.2, -0.15) is 8.61 Å². The predicted octanol–water partition coefficient (Wildman–Crippen LogP) is 9.93. The average molecular weight is 988 g/mol. The Kier molecular flexibility index (Phi) is 14.9. The number of hydrogen-bond acceptors (Lipinski definition) is 10. The van der Waals surface area contributed by atoms with Gasteiger partial charge in [-0.15, -0.1) is 22.7 Å². The molecular formula is C46H50Cl2F2N6O4S4. The van der Waals surface area contributed by atoms with Gasteiger partial charge in [0.2, 0.25) is 20.0 Å². The fourth-order valence-electron chi connectivity index (χ4n) is 8.47. The molecule has 0 aliphatic carbocycles. The summed E-state index contributed by atoms with van der Waals surface area (Å²) in [6.45, 7) is 15.3. The Labute approximate surface area is 393 Å². The van der Waals surface area contributed by atoms with Crippen LogP contribution in [-0.4, -0.2) is 87.8 Å². The van der Waals surface area contributed by atoms with Crippen LogP contribution in [0.2, 0.25) is 10.0 Å². The molecule has 64 heavy (non-hydrogen) atoms. The lowest BCUT2D eigenvalue weighted by atomic mass is 10.1. The second-order valence-electron chi connectivity index (χ2n) is 16.4. The molecule has 2 aliphatic heterocycles. The van der Waals surface area contributed by atoms with E-state index in [0.29, 0.717) is 80.0 Å². The van der Waals surface area contributed by atoms with E-state index in [4.69, 9.17) is 23.2 Å². The Morgan fingerprint density at radius 2 is 0.984 bits per heavy atom. The highest BCUT2D eigenvalue weighted by molar-refractivity contribution is 7.89. The fraction of sp³-hybridized carbons (Fsp3) is 0.348. The first kappa shape index (κ1) is 47.9. The van der Waals surface area contributed by atoms with Crippen LogP contribution >= 0.6 is 45.9 Å². The van der Waals surface area contributed by atoms with Crippen LogP contribution in [0, 0.1) is 53.2 Å². The first-order valence-corrected chi connectivity index (χ1v) is 26.1. The van der Waals surface area contributed by atoms with E-state index in [1.165, 1.54) is 40.9 Å². The van der Waals surface area contributed by atoms with Gasteiger partial charge in [0, 0.05) is 81.0 Å². The molecule has 0 N–H and O–H groups in total. The van der Waals surface area contributed by atoms with Crippen molar-refractivity contribution in [3.63, 3.8) is 0 Å². The third kappa shape index (κ3) is 11.0. The van der Waals surface area contributed by atoms with Crippen molar-refractivity contribution < 1.29 is 25.6 Å². The number of halogens is 4. The number of sulfonamides is 2. The lowest BCUT2D eigenvalue weighted by molar-refractivity contribution is 0.384. The predicted molar refractivity (Wildman–Crippen MR) is 256 cm³/mol. The van der Waals surface area contributed by atoms with Gasteiger partial charge in [-0.3, -0.25) is 0 Å². The molecule has 2 saturated heterocycles. The van der Waals surface area contributed by atoms with Gasteiger partial charge in [0.25, 0.3) is 0 Å². The normalized spacial score (nSPS) is 15.3. The smallest absolute Gasteiger partial charge is 0.243 e. The number of piperazine rings is 2. The molecule has 4 aromatic carbocycles. The van der Waals surface area contributed by atoms with Gasteiger partial charge < -0.3 is 9.80 Å². The molecule has 340 valence electrons. The Morgan fingerprint density at radius 3 is 1.39 bits per heavy atom. The second-order valence-corrected chi connectivity index (χ2v) is 22.6. The van der Waals surface area contributed by atoms with Crippen molar-refractivity contribution in [2.24, 2.45) is 0 Å². The van der Waals surface area contributed by atoms with E-state index >= 15 is 0 Å². The molecule has 8 rings (SSSR count). The summed E-state index contributed by atoms with van der Waals surface area (Å²) in [5, 5.41) is 6.10. The van der Waals surface area contributed by atoms with Crippen LogP contribution in [0.25, 0.3) is 0 Å². The third-order valence-corrected chi connectivity index (χ3v) is 18.0. The van der Waals surface area contributed by atoms with Gasteiger partial charge >= 0.3 is 0 Å². The molecule has 2 aliphatic rings. The lowest BCUT2D eigenvalue weighted by Crippen LogP contribution is -2.48. The quantitative estimate of drug-likeness (QED) is 0.134. The third-order valence-electron chi connectivity index (χ3n) is 11.2. The van der Waals surface area contributed by atoms with E-state index in [1.807, 2.05) is 76.6 Å². The van der Waals surface area contributed by atoms with Gasteiger partial charge in [0.15, 0.2) is 10.3 Å². The van der Waals surface area contributed by atoms with Gasteiger partial charge in [-0.25, -0.2) is 35.6 Å². The van der Waals surface area contributed by atoms with Crippen LogP contribution in [0.5, 0.6) is 0 Å². The molecule has 0 bridgehead atoms. The molecule has 2 aromatic heterocycles. The molecule has 6 aromatic rings. The molecule has 0 amide bonds. The molecule has 0 saturated carbocycles. The number of anilines is 2. The number of benzene rings is 4. The zero-order valence-electron chi connectivity index (χ0n) is 36.5. The first-order chi connectivity index (χ1) is 30.3. The molecule has 18 heteroatoms.